The standard InChI is InChI=1S/C21H21N3O4/c22-10-19(26)23-12-5-6-17-15(9-12)16(21(28)24-17)7-11-8-18(25)13-3-1-2-4-14(13)20(11)27/h1-7,9,11,18,20,25,27H,8,10,22H2,(H,23,26)(H,24,28). The summed E-state index contributed by atoms with van der Waals surface area (Å²) in [5.74, 6) is -1.03. The Hall–Kier alpha value is -3.00. The van der Waals surface area contributed by atoms with Gasteiger partial charge in [-0.1, -0.05) is 30.3 Å². The van der Waals surface area contributed by atoms with Crippen molar-refractivity contribution < 1.29 is 19.8 Å². The summed E-state index contributed by atoms with van der Waals surface area (Å²) in [5.41, 5.74) is 8.94. The first-order valence-electron chi connectivity index (χ1n) is 9.10. The van der Waals surface area contributed by atoms with Gasteiger partial charge < -0.3 is 26.6 Å². The number of hydrogen-bond acceptors (Lipinski definition) is 5. The number of benzene rings is 2. The summed E-state index contributed by atoms with van der Waals surface area (Å²) in [6.07, 6.45) is 0.498. The lowest BCUT2D eigenvalue weighted by Gasteiger charge is -2.31. The number of nitrogens with one attached hydrogen (secondary N) is 2. The van der Waals surface area contributed by atoms with E-state index in [-0.39, 0.29) is 18.4 Å². The van der Waals surface area contributed by atoms with Crippen molar-refractivity contribution in [2.24, 2.45) is 11.7 Å². The lowest BCUT2D eigenvalue weighted by Crippen LogP contribution is -2.23. The second kappa shape index (κ2) is 7.20. The summed E-state index contributed by atoms with van der Waals surface area (Å²) in [6.45, 7) is -0.136. The highest BCUT2D eigenvalue weighted by molar-refractivity contribution is 6.31. The molecule has 3 unspecified atom stereocenters. The maximum Gasteiger partial charge on any atom is 0.256 e. The molecule has 1 aliphatic carbocycles. The topological polar surface area (TPSA) is 125 Å². The molecule has 0 saturated carbocycles. The molecular formula is C21H21N3O4. The highest BCUT2D eigenvalue weighted by Crippen LogP contribution is 2.43. The van der Waals surface area contributed by atoms with Crippen molar-refractivity contribution in [3.63, 3.8) is 0 Å². The first kappa shape index (κ1) is 18.4. The van der Waals surface area contributed by atoms with Crippen molar-refractivity contribution in [3.05, 3.63) is 65.2 Å². The summed E-state index contributed by atoms with van der Waals surface area (Å²) in [5, 5.41) is 26.7. The lowest BCUT2D eigenvalue weighted by atomic mass is 9.78. The third-order valence-electron chi connectivity index (χ3n) is 5.23. The highest BCUT2D eigenvalue weighted by atomic mass is 16.3. The number of aliphatic hydroxyl groups is 2. The molecule has 0 bridgehead atoms. The van der Waals surface area contributed by atoms with E-state index in [2.05, 4.69) is 10.6 Å². The Labute approximate surface area is 161 Å². The predicted molar refractivity (Wildman–Crippen MR) is 105 cm³/mol. The van der Waals surface area contributed by atoms with Gasteiger partial charge in [-0.25, -0.2) is 0 Å². The van der Waals surface area contributed by atoms with Crippen LogP contribution in [-0.4, -0.2) is 28.6 Å². The fourth-order valence-corrected chi connectivity index (χ4v) is 3.84. The number of amides is 2. The quantitative estimate of drug-likeness (QED) is 0.519. The molecule has 0 fully saturated rings. The summed E-state index contributed by atoms with van der Waals surface area (Å²) in [6, 6.07) is 12.3. The van der Waals surface area contributed by atoms with E-state index in [4.69, 9.17) is 5.73 Å². The van der Waals surface area contributed by atoms with Gasteiger partial charge in [0, 0.05) is 28.4 Å². The predicted octanol–water partition coefficient (Wildman–Crippen LogP) is 1.71. The molecule has 0 aromatic heterocycles. The van der Waals surface area contributed by atoms with Gasteiger partial charge in [0.1, 0.15) is 0 Å². The van der Waals surface area contributed by atoms with E-state index >= 15 is 0 Å². The number of rotatable bonds is 3. The molecule has 2 aromatic rings. The van der Waals surface area contributed by atoms with Crippen LogP contribution in [0.4, 0.5) is 11.4 Å². The van der Waals surface area contributed by atoms with Crippen molar-refractivity contribution >= 4 is 28.8 Å². The largest absolute Gasteiger partial charge is 0.388 e. The summed E-state index contributed by atoms with van der Waals surface area (Å²) >= 11 is 0. The van der Waals surface area contributed by atoms with E-state index < -0.39 is 18.1 Å². The van der Waals surface area contributed by atoms with Gasteiger partial charge in [-0.3, -0.25) is 9.59 Å². The zero-order valence-corrected chi connectivity index (χ0v) is 15.1. The van der Waals surface area contributed by atoms with Gasteiger partial charge in [0.2, 0.25) is 5.91 Å². The van der Waals surface area contributed by atoms with Crippen molar-refractivity contribution in [3.8, 4) is 0 Å². The third kappa shape index (κ3) is 3.20. The van der Waals surface area contributed by atoms with Crippen LogP contribution in [0.3, 0.4) is 0 Å². The van der Waals surface area contributed by atoms with Crippen molar-refractivity contribution in [1.29, 1.82) is 0 Å². The molecule has 144 valence electrons. The molecule has 2 aliphatic rings. The fourth-order valence-electron chi connectivity index (χ4n) is 3.84. The van der Waals surface area contributed by atoms with Crippen molar-refractivity contribution in [2.45, 2.75) is 18.6 Å². The number of carbonyl (C=O) groups excluding carboxylic acids is 2. The molecule has 4 rings (SSSR count). The van der Waals surface area contributed by atoms with Crippen LogP contribution in [0.2, 0.25) is 0 Å². The van der Waals surface area contributed by atoms with Crippen LogP contribution in [0, 0.1) is 5.92 Å². The zero-order chi connectivity index (χ0) is 19.8. The van der Waals surface area contributed by atoms with Gasteiger partial charge >= 0.3 is 0 Å². The number of carbonyl (C=O) groups is 2. The minimum Gasteiger partial charge on any atom is -0.388 e. The van der Waals surface area contributed by atoms with E-state index in [1.807, 2.05) is 12.1 Å². The van der Waals surface area contributed by atoms with Crippen molar-refractivity contribution in [2.75, 3.05) is 17.2 Å². The van der Waals surface area contributed by atoms with E-state index in [1.165, 1.54) is 0 Å². The molecule has 2 amide bonds. The highest BCUT2D eigenvalue weighted by Gasteiger charge is 2.34. The number of aliphatic hydroxyl groups excluding tert-OH is 2. The molecule has 1 aliphatic heterocycles. The molecule has 2 aromatic carbocycles. The SMILES string of the molecule is NCC(=O)Nc1ccc2c(c1)C(=CC1CC(O)c3ccccc3C1O)C(=O)N2. The first-order chi connectivity index (χ1) is 13.5. The Balaban J connectivity index is 1.69. The van der Waals surface area contributed by atoms with E-state index in [0.717, 1.165) is 0 Å². The Morgan fingerprint density at radius 1 is 1.21 bits per heavy atom. The van der Waals surface area contributed by atoms with Crippen LogP contribution in [0.1, 0.15) is 35.3 Å². The second-order valence-electron chi connectivity index (χ2n) is 7.04. The first-order valence-corrected chi connectivity index (χ1v) is 9.10. The maximum atomic E-state index is 12.5. The van der Waals surface area contributed by atoms with E-state index in [1.54, 1.807) is 36.4 Å². The number of anilines is 2. The van der Waals surface area contributed by atoms with Crippen LogP contribution in [0.25, 0.3) is 5.57 Å². The van der Waals surface area contributed by atoms with Crippen LogP contribution in [0.15, 0.2) is 48.5 Å². The number of nitrogens with two attached hydrogens (primary N) is 1. The molecule has 7 heteroatoms. The normalized spacial score (nSPS) is 24.5. The molecule has 1 heterocycles. The van der Waals surface area contributed by atoms with Crippen LogP contribution >= 0.6 is 0 Å². The summed E-state index contributed by atoms with van der Waals surface area (Å²) < 4.78 is 0. The van der Waals surface area contributed by atoms with Gasteiger partial charge in [0.05, 0.1) is 18.8 Å². The minimum absolute atomic E-state index is 0.136. The van der Waals surface area contributed by atoms with Crippen LogP contribution in [-0.2, 0) is 9.59 Å². The molecular weight excluding hydrogens is 358 g/mol. The third-order valence-corrected chi connectivity index (χ3v) is 5.23. The fraction of sp³-hybridized carbons (Fsp3) is 0.238. The van der Waals surface area contributed by atoms with E-state index in [9.17, 15) is 19.8 Å². The summed E-state index contributed by atoms with van der Waals surface area (Å²) in [7, 11) is 0. The number of hydrogen-bond donors (Lipinski definition) is 5. The number of fused-ring (bicyclic) bond motifs is 2. The molecule has 0 saturated heterocycles. The monoisotopic (exact) mass is 379 g/mol. The molecule has 28 heavy (non-hydrogen) atoms. The van der Waals surface area contributed by atoms with Crippen LogP contribution < -0.4 is 16.4 Å². The minimum atomic E-state index is -0.816. The van der Waals surface area contributed by atoms with Gasteiger partial charge in [-0.15, -0.1) is 0 Å². The summed E-state index contributed by atoms with van der Waals surface area (Å²) in [4.78, 5) is 24.0. The van der Waals surface area contributed by atoms with Gasteiger partial charge in [-0.2, -0.15) is 0 Å². The van der Waals surface area contributed by atoms with Gasteiger partial charge in [-0.05, 0) is 35.7 Å². The Bertz CT molecular complexity index is 985. The van der Waals surface area contributed by atoms with Crippen LogP contribution in [0.5, 0.6) is 0 Å². The maximum absolute atomic E-state index is 12.5. The Morgan fingerprint density at radius 3 is 2.71 bits per heavy atom. The Morgan fingerprint density at radius 2 is 1.96 bits per heavy atom. The zero-order valence-electron chi connectivity index (χ0n) is 15.1. The Kier molecular flexibility index (Phi) is 4.72. The average Bonchev–Trinajstić information content (AvgIpc) is 3.00. The second-order valence-corrected chi connectivity index (χ2v) is 7.04. The van der Waals surface area contributed by atoms with Gasteiger partial charge in [0.25, 0.3) is 5.91 Å². The molecule has 6 N–H and O–H groups in total. The smallest absolute Gasteiger partial charge is 0.256 e. The molecule has 7 nitrogen and oxygen atoms in total. The molecule has 0 radical (unpaired) electrons. The van der Waals surface area contributed by atoms with Gasteiger partial charge in [0.15, 0.2) is 0 Å². The average molecular weight is 379 g/mol. The van der Waals surface area contributed by atoms with E-state index in [0.29, 0.717) is 40.1 Å². The lowest BCUT2D eigenvalue weighted by molar-refractivity contribution is -0.115. The molecule has 0 spiro atoms. The van der Waals surface area contributed by atoms with Crippen molar-refractivity contribution in [1.82, 2.24) is 0 Å². The molecule has 3 atom stereocenters.